The lowest BCUT2D eigenvalue weighted by molar-refractivity contribution is 1.12. The predicted molar refractivity (Wildman–Crippen MR) is 77.6 cm³/mol. The predicted octanol–water partition coefficient (Wildman–Crippen LogP) is 4.05. The van der Waals surface area contributed by atoms with Crippen LogP contribution >= 0.6 is 27.7 Å². The largest absolute Gasteiger partial charge is 0.383 e. The van der Waals surface area contributed by atoms with Crippen LogP contribution in [0, 0.1) is 0 Å². The van der Waals surface area contributed by atoms with Crippen molar-refractivity contribution in [2.45, 2.75) is 5.03 Å². The van der Waals surface area contributed by atoms with Crippen LogP contribution in [0.5, 0.6) is 0 Å². The van der Waals surface area contributed by atoms with Crippen LogP contribution in [-0.4, -0.2) is 17.3 Å². The van der Waals surface area contributed by atoms with E-state index in [1.807, 2.05) is 42.6 Å². The van der Waals surface area contributed by atoms with Gasteiger partial charge in [0, 0.05) is 28.7 Å². The molecule has 0 aliphatic rings. The Kier molecular flexibility index (Phi) is 4.88. The Labute approximate surface area is 114 Å². The molecule has 0 aliphatic carbocycles. The van der Waals surface area contributed by atoms with Crippen molar-refractivity contribution in [2.75, 3.05) is 17.6 Å². The molecule has 0 atom stereocenters. The van der Waals surface area contributed by atoms with E-state index in [0.29, 0.717) is 0 Å². The number of para-hydroxylation sites is 1. The molecule has 88 valence electrons. The second-order valence-corrected chi connectivity index (χ2v) is 5.39. The lowest BCUT2D eigenvalue weighted by Crippen LogP contribution is -2.04. The number of pyridine rings is 1. The third-order valence-electron chi connectivity index (χ3n) is 2.18. The number of nitrogens with one attached hydrogen (secondary N) is 1. The summed E-state index contributed by atoms with van der Waals surface area (Å²) >= 11 is 5.27. The fourth-order valence-electron chi connectivity index (χ4n) is 1.38. The van der Waals surface area contributed by atoms with Gasteiger partial charge in [0.2, 0.25) is 0 Å². The number of aromatic nitrogens is 1. The number of hydrogen-bond donors (Lipinski definition) is 1. The van der Waals surface area contributed by atoms with Gasteiger partial charge >= 0.3 is 0 Å². The maximum absolute atomic E-state index is 4.27. The Morgan fingerprint density at radius 2 is 1.94 bits per heavy atom. The van der Waals surface area contributed by atoms with Gasteiger partial charge in [0.1, 0.15) is 0 Å². The molecule has 4 heteroatoms. The monoisotopic (exact) mass is 308 g/mol. The van der Waals surface area contributed by atoms with Gasteiger partial charge in [-0.25, -0.2) is 4.98 Å². The van der Waals surface area contributed by atoms with E-state index in [4.69, 9.17) is 0 Å². The molecule has 0 amide bonds. The second kappa shape index (κ2) is 6.67. The third kappa shape index (κ3) is 4.06. The van der Waals surface area contributed by atoms with Gasteiger partial charge in [-0.05, 0) is 40.2 Å². The zero-order valence-electron chi connectivity index (χ0n) is 9.27. The van der Waals surface area contributed by atoms with E-state index in [1.165, 1.54) is 0 Å². The number of anilines is 1. The van der Waals surface area contributed by atoms with Crippen LogP contribution in [-0.2, 0) is 0 Å². The van der Waals surface area contributed by atoms with Gasteiger partial charge in [-0.1, -0.05) is 18.2 Å². The van der Waals surface area contributed by atoms with Crippen molar-refractivity contribution in [1.29, 1.82) is 0 Å². The van der Waals surface area contributed by atoms with Crippen molar-refractivity contribution in [3.63, 3.8) is 0 Å². The molecule has 2 rings (SSSR count). The average molecular weight is 309 g/mol. The van der Waals surface area contributed by atoms with Gasteiger partial charge in [0.05, 0.1) is 5.03 Å². The quantitative estimate of drug-likeness (QED) is 0.666. The summed E-state index contributed by atoms with van der Waals surface area (Å²) in [5.41, 5.74) is 1.13. The molecular formula is C13H13BrN2S. The summed E-state index contributed by atoms with van der Waals surface area (Å²) in [7, 11) is 0. The van der Waals surface area contributed by atoms with Crippen molar-refractivity contribution in [2.24, 2.45) is 0 Å². The van der Waals surface area contributed by atoms with Crippen molar-refractivity contribution < 1.29 is 0 Å². The number of rotatable bonds is 5. The Bertz CT molecular complexity index is 462. The molecule has 0 fully saturated rings. The van der Waals surface area contributed by atoms with Crippen LogP contribution in [0.1, 0.15) is 0 Å². The summed E-state index contributed by atoms with van der Waals surface area (Å²) in [4.78, 5) is 4.27. The summed E-state index contributed by atoms with van der Waals surface area (Å²) in [6, 6.07) is 14.1. The average Bonchev–Trinajstić information content (AvgIpc) is 2.38. The van der Waals surface area contributed by atoms with Crippen molar-refractivity contribution >= 4 is 33.4 Å². The van der Waals surface area contributed by atoms with E-state index in [0.717, 1.165) is 27.5 Å². The van der Waals surface area contributed by atoms with Gasteiger partial charge < -0.3 is 5.32 Å². The first-order valence-electron chi connectivity index (χ1n) is 5.38. The van der Waals surface area contributed by atoms with Gasteiger partial charge in [-0.15, -0.1) is 11.8 Å². The standard InChI is InChI=1S/C13H13BrN2S/c14-11-5-1-2-6-12(11)15-9-10-17-13-7-3-4-8-16-13/h1-8,15H,9-10H2. The highest BCUT2D eigenvalue weighted by molar-refractivity contribution is 9.10. The second-order valence-electron chi connectivity index (χ2n) is 3.42. The molecular weight excluding hydrogens is 296 g/mol. The van der Waals surface area contributed by atoms with Gasteiger partial charge in [0.15, 0.2) is 0 Å². The molecule has 0 radical (unpaired) electrons. The zero-order valence-corrected chi connectivity index (χ0v) is 11.7. The minimum atomic E-state index is 0.920. The SMILES string of the molecule is Brc1ccccc1NCCSc1ccccn1. The molecule has 2 aromatic rings. The topological polar surface area (TPSA) is 24.9 Å². The number of nitrogens with zero attached hydrogens (tertiary/aromatic N) is 1. The molecule has 0 spiro atoms. The minimum Gasteiger partial charge on any atom is -0.383 e. The summed E-state index contributed by atoms with van der Waals surface area (Å²) in [5.74, 6) is 0.998. The molecule has 1 aromatic heterocycles. The molecule has 1 aromatic carbocycles. The van der Waals surface area contributed by atoms with Crippen LogP contribution in [0.25, 0.3) is 0 Å². The van der Waals surface area contributed by atoms with E-state index in [-0.39, 0.29) is 0 Å². The van der Waals surface area contributed by atoms with Gasteiger partial charge in [0.25, 0.3) is 0 Å². The maximum Gasteiger partial charge on any atom is 0.0960 e. The van der Waals surface area contributed by atoms with Crippen molar-refractivity contribution in [3.8, 4) is 0 Å². The fourth-order valence-corrected chi connectivity index (χ4v) is 2.53. The molecule has 17 heavy (non-hydrogen) atoms. The highest BCUT2D eigenvalue weighted by atomic mass is 79.9. The van der Waals surface area contributed by atoms with Crippen molar-refractivity contribution in [3.05, 3.63) is 53.1 Å². The van der Waals surface area contributed by atoms with E-state index in [9.17, 15) is 0 Å². The molecule has 0 unspecified atom stereocenters. The summed E-state index contributed by atoms with van der Waals surface area (Å²) < 4.78 is 1.10. The van der Waals surface area contributed by atoms with E-state index >= 15 is 0 Å². The zero-order chi connectivity index (χ0) is 11.9. The lowest BCUT2D eigenvalue weighted by atomic mass is 10.3. The summed E-state index contributed by atoms with van der Waals surface area (Å²) in [6.07, 6.45) is 1.82. The Hall–Kier alpha value is -1.00. The Morgan fingerprint density at radius 3 is 2.71 bits per heavy atom. The van der Waals surface area contributed by atoms with Crippen LogP contribution in [0.4, 0.5) is 5.69 Å². The van der Waals surface area contributed by atoms with E-state index in [1.54, 1.807) is 11.8 Å². The molecule has 2 nitrogen and oxygen atoms in total. The molecule has 0 saturated carbocycles. The first kappa shape index (κ1) is 12.5. The third-order valence-corrected chi connectivity index (χ3v) is 3.82. The lowest BCUT2D eigenvalue weighted by Gasteiger charge is -2.07. The maximum atomic E-state index is 4.27. The van der Waals surface area contributed by atoms with E-state index in [2.05, 4.69) is 32.3 Å². The Morgan fingerprint density at radius 1 is 1.12 bits per heavy atom. The number of halogens is 1. The molecule has 0 bridgehead atoms. The van der Waals surface area contributed by atoms with Crippen LogP contribution in [0.2, 0.25) is 0 Å². The molecule has 0 saturated heterocycles. The van der Waals surface area contributed by atoms with Gasteiger partial charge in [-0.2, -0.15) is 0 Å². The first-order valence-corrected chi connectivity index (χ1v) is 7.16. The highest BCUT2D eigenvalue weighted by Crippen LogP contribution is 2.21. The number of hydrogen-bond acceptors (Lipinski definition) is 3. The fraction of sp³-hybridized carbons (Fsp3) is 0.154. The number of thioether (sulfide) groups is 1. The molecule has 0 aliphatic heterocycles. The van der Waals surface area contributed by atoms with Crippen LogP contribution in [0.3, 0.4) is 0 Å². The molecule has 1 N–H and O–H groups in total. The van der Waals surface area contributed by atoms with Crippen molar-refractivity contribution in [1.82, 2.24) is 4.98 Å². The summed E-state index contributed by atoms with van der Waals surface area (Å²) in [6.45, 7) is 0.920. The number of benzene rings is 1. The smallest absolute Gasteiger partial charge is 0.0960 e. The van der Waals surface area contributed by atoms with Crippen LogP contribution in [0.15, 0.2) is 58.2 Å². The van der Waals surface area contributed by atoms with Crippen LogP contribution < -0.4 is 5.32 Å². The molecule has 1 heterocycles. The van der Waals surface area contributed by atoms with E-state index < -0.39 is 0 Å². The van der Waals surface area contributed by atoms with Gasteiger partial charge in [-0.3, -0.25) is 0 Å². The normalized spacial score (nSPS) is 10.2. The summed E-state index contributed by atoms with van der Waals surface area (Å²) in [5, 5.41) is 4.46. The highest BCUT2D eigenvalue weighted by Gasteiger charge is 1.97. The first-order chi connectivity index (χ1) is 8.36. The Balaban J connectivity index is 1.76. The minimum absolute atomic E-state index is 0.920.